The van der Waals surface area contributed by atoms with Crippen molar-refractivity contribution < 1.29 is 18.7 Å². The minimum Gasteiger partial charge on any atom is -0.495 e. The summed E-state index contributed by atoms with van der Waals surface area (Å²) in [5, 5.41) is 6.13. The number of hydrogen-bond donors (Lipinski definition) is 2. The number of aryl methyl sites for hydroxylation is 1. The summed E-state index contributed by atoms with van der Waals surface area (Å²) < 4.78 is 10.4. The fourth-order valence-electron chi connectivity index (χ4n) is 2.61. The first-order valence-corrected chi connectivity index (χ1v) is 8.91. The molecule has 1 heterocycles. The number of amides is 1. The Balaban J connectivity index is 1.92. The molecule has 1 atom stereocenters. The van der Waals surface area contributed by atoms with Gasteiger partial charge in [0.25, 0.3) is 5.91 Å². The van der Waals surface area contributed by atoms with Gasteiger partial charge in [0, 0.05) is 10.6 Å². The summed E-state index contributed by atoms with van der Waals surface area (Å²) in [5.74, 6) is -0.259. The highest BCUT2D eigenvalue weighted by Gasteiger charge is 2.25. The van der Waals surface area contributed by atoms with Crippen molar-refractivity contribution in [1.29, 1.82) is 0 Å². The largest absolute Gasteiger partial charge is 0.495 e. The number of furan rings is 1. The normalized spacial score (nSPS) is 11.5. The van der Waals surface area contributed by atoms with E-state index in [2.05, 4.69) is 10.6 Å². The minimum absolute atomic E-state index is 0.0987. The number of anilines is 1. The van der Waals surface area contributed by atoms with Gasteiger partial charge in [-0.1, -0.05) is 41.4 Å². The van der Waals surface area contributed by atoms with Gasteiger partial charge in [-0.15, -0.1) is 0 Å². The molecule has 1 aromatic heterocycles. The van der Waals surface area contributed by atoms with Crippen molar-refractivity contribution >= 4 is 29.0 Å². The number of ether oxygens (including phenoxy) is 1. The topological polar surface area (TPSA) is 80.6 Å². The lowest BCUT2D eigenvalue weighted by Crippen LogP contribution is -2.46. The van der Waals surface area contributed by atoms with Gasteiger partial charge >= 0.3 is 0 Å². The number of Topliss-reactive ketones (excluding diaryl/α,β-unsaturated/α-hetero) is 1. The molecule has 144 valence electrons. The van der Waals surface area contributed by atoms with Gasteiger partial charge in [-0.2, -0.15) is 0 Å². The van der Waals surface area contributed by atoms with Gasteiger partial charge in [0.2, 0.25) is 5.78 Å². The zero-order chi connectivity index (χ0) is 20.1. The lowest BCUT2D eigenvalue weighted by Gasteiger charge is -2.21. The van der Waals surface area contributed by atoms with E-state index in [4.69, 9.17) is 20.8 Å². The zero-order valence-electron chi connectivity index (χ0n) is 15.4. The van der Waals surface area contributed by atoms with E-state index in [0.29, 0.717) is 22.0 Å². The van der Waals surface area contributed by atoms with Crippen LogP contribution in [0.2, 0.25) is 5.02 Å². The Hall–Kier alpha value is -3.25. The maximum atomic E-state index is 13.1. The molecule has 0 bridgehead atoms. The summed E-state index contributed by atoms with van der Waals surface area (Å²) in [4.78, 5) is 25.5. The first kappa shape index (κ1) is 19.5. The van der Waals surface area contributed by atoms with E-state index in [1.165, 1.54) is 19.4 Å². The van der Waals surface area contributed by atoms with E-state index < -0.39 is 12.1 Å². The van der Waals surface area contributed by atoms with E-state index >= 15 is 0 Å². The lowest BCUT2D eigenvalue weighted by atomic mass is 10.1. The van der Waals surface area contributed by atoms with E-state index in [9.17, 15) is 9.59 Å². The summed E-state index contributed by atoms with van der Waals surface area (Å²) in [6.07, 6.45) is 0.326. The van der Waals surface area contributed by atoms with Crippen LogP contribution in [0.5, 0.6) is 5.75 Å². The Morgan fingerprint density at radius 3 is 2.50 bits per heavy atom. The molecule has 0 spiro atoms. The zero-order valence-corrected chi connectivity index (χ0v) is 16.1. The molecule has 0 saturated carbocycles. The van der Waals surface area contributed by atoms with Crippen molar-refractivity contribution in [3.63, 3.8) is 0 Å². The molecule has 0 aliphatic heterocycles. The van der Waals surface area contributed by atoms with Crippen molar-refractivity contribution in [2.45, 2.75) is 13.1 Å². The highest BCUT2D eigenvalue weighted by atomic mass is 35.5. The number of carbonyl (C=O) groups excluding carboxylic acids is 2. The molecule has 2 aromatic carbocycles. The number of rotatable bonds is 7. The van der Waals surface area contributed by atoms with Gasteiger partial charge in [0.15, 0.2) is 11.9 Å². The Bertz CT molecular complexity index is 969. The molecule has 0 fully saturated rings. The maximum absolute atomic E-state index is 13.1. The van der Waals surface area contributed by atoms with Gasteiger partial charge in [-0.05, 0) is 37.3 Å². The summed E-state index contributed by atoms with van der Waals surface area (Å²) in [6, 6.07) is 15.2. The predicted molar refractivity (Wildman–Crippen MR) is 107 cm³/mol. The predicted octanol–water partition coefficient (Wildman–Crippen LogP) is 4.30. The second kappa shape index (κ2) is 8.63. The molecule has 6 nitrogen and oxygen atoms in total. The van der Waals surface area contributed by atoms with Gasteiger partial charge in [-0.3, -0.25) is 9.59 Å². The van der Waals surface area contributed by atoms with E-state index in [1.54, 1.807) is 36.4 Å². The molecular weight excluding hydrogens is 380 g/mol. The van der Waals surface area contributed by atoms with Crippen LogP contribution in [0.15, 0.2) is 65.3 Å². The molecule has 1 amide bonds. The Labute approximate surface area is 167 Å². The van der Waals surface area contributed by atoms with Gasteiger partial charge in [0.1, 0.15) is 5.75 Å². The Kier molecular flexibility index (Phi) is 6.01. The van der Waals surface area contributed by atoms with Gasteiger partial charge in [-0.25, -0.2) is 0 Å². The Morgan fingerprint density at radius 1 is 1.11 bits per heavy atom. The average Bonchev–Trinajstić information content (AvgIpc) is 3.23. The molecule has 2 N–H and O–H groups in total. The van der Waals surface area contributed by atoms with Crippen LogP contribution in [0, 0.1) is 6.92 Å². The lowest BCUT2D eigenvalue weighted by molar-refractivity contribution is 0.0852. The SMILES string of the molecule is COc1ccc(Cl)cc1N[C@H](NC(=O)c1ccco1)C(=O)c1ccc(C)cc1. The minimum atomic E-state index is -1.06. The Morgan fingerprint density at radius 2 is 1.86 bits per heavy atom. The molecule has 0 unspecified atom stereocenters. The van der Waals surface area contributed by atoms with Crippen LogP contribution in [-0.4, -0.2) is 25.0 Å². The molecule has 28 heavy (non-hydrogen) atoms. The average molecular weight is 399 g/mol. The second-order valence-electron chi connectivity index (χ2n) is 6.10. The van der Waals surface area contributed by atoms with Crippen LogP contribution >= 0.6 is 11.6 Å². The quantitative estimate of drug-likeness (QED) is 0.458. The fraction of sp³-hybridized carbons (Fsp3) is 0.143. The van der Waals surface area contributed by atoms with E-state index in [0.717, 1.165) is 5.56 Å². The molecule has 0 radical (unpaired) electrons. The molecule has 0 saturated heterocycles. The molecule has 3 rings (SSSR count). The summed E-state index contributed by atoms with van der Waals surface area (Å²) >= 11 is 6.08. The summed E-state index contributed by atoms with van der Waals surface area (Å²) in [7, 11) is 1.51. The summed E-state index contributed by atoms with van der Waals surface area (Å²) in [5.41, 5.74) is 1.95. The van der Waals surface area contributed by atoms with Crippen molar-refractivity contribution in [2.75, 3.05) is 12.4 Å². The number of methoxy groups -OCH3 is 1. The van der Waals surface area contributed by atoms with Crippen LogP contribution in [0.25, 0.3) is 0 Å². The molecular formula is C21H19ClN2O4. The fourth-order valence-corrected chi connectivity index (χ4v) is 2.78. The number of halogens is 1. The number of hydrogen-bond acceptors (Lipinski definition) is 5. The van der Waals surface area contributed by atoms with Gasteiger partial charge in [0.05, 0.1) is 19.1 Å². The number of ketones is 1. The standard InChI is InChI=1S/C21H19ClN2O4/c1-13-5-7-14(8-6-13)19(25)20(24-21(26)18-4-3-11-28-18)23-16-12-15(22)9-10-17(16)27-2/h3-12,20,23H,1-2H3,(H,24,26)/t20-/m1/s1. The van der Waals surface area contributed by atoms with Crippen LogP contribution in [0.1, 0.15) is 26.5 Å². The van der Waals surface area contributed by atoms with Crippen LogP contribution in [-0.2, 0) is 0 Å². The van der Waals surface area contributed by atoms with Gasteiger partial charge < -0.3 is 19.8 Å². The monoisotopic (exact) mass is 398 g/mol. The molecule has 0 aliphatic carbocycles. The van der Waals surface area contributed by atoms with E-state index in [1.807, 2.05) is 19.1 Å². The molecule has 3 aromatic rings. The third-order valence-electron chi connectivity index (χ3n) is 4.08. The number of carbonyl (C=O) groups is 2. The molecule has 0 aliphatic rings. The van der Waals surface area contributed by atoms with Crippen LogP contribution in [0.3, 0.4) is 0 Å². The first-order chi connectivity index (χ1) is 13.5. The van der Waals surface area contributed by atoms with Crippen molar-refractivity contribution in [3.05, 3.63) is 82.8 Å². The highest BCUT2D eigenvalue weighted by molar-refractivity contribution is 6.31. The van der Waals surface area contributed by atoms with E-state index in [-0.39, 0.29) is 11.5 Å². The third-order valence-corrected chi connectivity index (χ3v) is 4.32. The molecule has 7 heteroatoms. The smallest absolute Gasteiger partial charge is 0.288 e. The maximum Gasteiger partial charge on any atom is 0.288 e. The van der Waals surface area contributed by atoms with Crippen molar-refractivity contribution in [3.8, 4) is 5.75 Å². The van der Waals surface area contributed by atoms with Crippen molar-refractivity contribution in [1.82, 2.24) is 5.32 Å². The highest BCUT2D eigenvalue weighted by Crippen LogP contribution is 2.28. The third kappa shape index (κ3) is 4.53. The number of benzene rings is 2. The first-order valence-electron chi connectivity index (χ1n) is 8.53. The van der Waals surface area contributed by atoms with Crippen LogP contribution < -0.4 is 15.4 Å². The van der Waals surface area contributed by atoms with Crippen molar-refractivity contribution in [2.24, 2.45) is 0 Å². The second-order valence-corrected chi connectivity index (χ2v) is 6.54. The van der Waals surface area contributed by atoms with Crippen LogP contribution in [0.4, 0.5) is 5.69 Å². The number of nitrogens with one attached hydrogen (secondary N) is 2. The summed E-state index contributed by atoms with van der Waals surface area (Å²) in [6.45, 7) is 1.93.